The summed E-state index contributed by atoms with van der Waals surface area (Å²) in [5, 5.41) is 3.14. The van der Waals surface area contributed by atoms with Gasteiger partial charge in [0.1, 0.15) is 0 Å². The SMILES string of the molecule is O=C(CC1CS(=O)(=O)CCN1)N1CCSc2ccccc21. The lowest BCUT2D eigenvalue weighted by molar-refractivity contribution is -0.119. The fraction of sp³-hybridized carbons (Fsp3) is 0.500. The van der Waals surface area contributed by atoms with Crippen LogP contribution < -0.4 is 10.2 Å². The molecule has 1 N–H and O–H groups in total. The minimum Gasteiger partial charge on any atom is -0.311 e. The van der Waals surface area contributed by atoms with Crippen LogP contribution in [0.25, 0.3) is 0 Å². The predicted molar refractivity (Wildman–Crippen MR) is 84.6 cm³/mol. The molecule has 3 rings (SSSR count). The first-order chi connectivity index (χ1) is 10.1. The molecule has 7 heteroatoms. The highest BCUT2D eigenvalue weighted by Crippen LogP contribution is 2.34. The van der Waals surface area contributed by atoms with Gasteiger partial charge in [-0.25, -0.2) is 8.42 Å². The molecule has 21 heavy (non-hydrogen) atoms. The largest absolute Gasteiger partial charge is 0.311 e. The Kier molecular flexibility index (Phi) is 4.24. The number of nitrogens with zero attached hydrogens (tertiary/aromatic N) is 1. The lowest BCUT2D eigenvalue weighted by Gasteiger charge is -2.31. The molecule has 0 radical (unpaired) electrons. The number of carbonyl (C=O) groups is 1. The summed E-state index contributed by atoms with van der Waals surface area (Å²) < 4.78 is 23.3. The Balaban J connectivity index is 1.72. The first-order valence-corrected chi connectivity index (χ1v) is 9.82. The van der Waals surface area contributed by atoms with Gasteiger partial charge in [0.15, 0.2) is 9.84 Å². The highest BCUT2D eigenvalue weighted by atomic mass is 32.2. The van der Waals surface area contributed by atoms with Crippen molar-refractivity contribution in [3.63, 3.8) is 0 Å². The maximum absolute atomic E-state index is 12.5. The van der Waals surface area contributed by atoms with E-state index in [4.69, 9.17) is 0 Å². The molecule has 5 nitrogen and oxygen atoms in total. The average Bonchev–Trinajstić information content (AvgIpc) is 2.45. The molecule has 0 aliphatic carbocycles. The molecule has 114 valence electrons. The number of rotatable bonds is 2. The topological polar surface area (TPSA) is 66.5 Å². The van der Waals surface area contributed by atoms with Crippen LogP contribution in [-0.4, -0.2) is 50.7 Å². The summed E-state index contributed by atoms with van der Waals surface area (Å²) in [4.78, 5) is 15.4. The van der Waals surface area contributed by atoms with Crippen molar-refractivity contribution < 1.29 is 13.2 Å². The van der Waals surface area contributed by atoms with Crippen molar-refractivity contribution in [1.29, 1.82) is 0 Å². The Hall–Kier alpha value is -1.05. The first kappa shape index (κ1) is 14.9. The molecular formula is C14H18N2O3S2. The third-order valence-corrected chi connectivity index (χ3v) is 6.53. The van der Waals surface area contributed by atoms with Gasteiger partial charge in [-0.1, -0.05) is 12.1 Å². The number of thioether (sulfide) groups is 1. The minimum atomic E-state index is -3.01. The van der Waals surface area contributed by atoms with Gasteiger partial charge in [-0.2, -0.15) is 0 Å². The number of amides is 1. The lowest BCUT2D eigenvalue weighted by Crippen LogP contribution is -2.48. The summed E-state index contributed by atoms with van der Waals surface area (Å²) in [6, 6.07) is 7.59. The number of benzene rings is 1. The highest BCUT2D eigenvalue weighted by molar-refractivity contribution is 7.99. The van der Waals surface area contributed by atoms with Gasteiger partial charge in [-0.15, -0.1) is 11.8 Å². The van der Waals surface area contributed by atoms with E-state index in [1.54, 1.807) is 16.7 Å². The summed E-state index contributed by atoms with van der Waals surface area (Å²) in [5.41, 5.74) is 0.942. The second-order valence-corrected chi connectivity index (χ2v) is 8.70. The van der Waals surface area contributed by atoms with Gasteiger partial charge >= 0.3 is 0 Å². The zero-order valence-corrected chi connectivity index (χ0v) is 13.3. The second-order valence-electron chi connectivity index (χ2n) is 5.33. The van der Waals surface area contributed by atoms with Crippen LogP contribution in [0.5, 0.6) is 0 Å². The highest BCUT2D eigenvalue weighted by Gasteiger charge is 2.29. The van der Waals surface area contributed by atoms with E-state index in [9.17, 15) is 13.2 Å². The molecule has 2 aliphatic rings. The fourth-order valence-electron chi connectivity index (χ4n) is 2.75. The molecule has 0 bridgehead atoms. The molecule has 1 atom stereocenters. The van der Waals surface area contributed by atoms with E-state index in [0.717, 1.165) is 16.3 Å². The average molecular weight is 326 g/mol. The van der Waals surface area contributed by atoms with E-state index in [-0.39, 0.29) is 29.9 Å². The summed E-state index contributed by atoms with van der Waals surface area (Å²) >= 11 is 1.75. The molecule has 2 aliphatic heterocycles. The maximum atomic E-state index is 12.5. The van der Waals surface area contributed by atoms with Gasteiger partial charge in [0, 0.05) is 36.2 Å². The molecule has 0 spiro atoms. The van der Waals surface area contributed by atoms with Crippen LogP contribution in [0, 0.1) is 0 Å². The molecule has 1 fully saturated rings. The standard InChI is InChI=1S/C14H18N2O3S2/c17-14(9-11-10-21(18,19)8-5-15-11)16-6-7-20-13-4-2-1-3-12(13)16/h1-4,11,15H,5-10H2. The number of hydrogen-bond acceptors (Lipinski definition) is 5. The Bertz CT molecular complexity index is 645. The number of nitrogens with one attached hydrogen (secondary N) is 1. The van der Waals surface area contributed by atoms with Gasteiger partial charge < -0.3 is 10.2 Å². The van der Waals surface area contributed by atoms with E-state index in [0.29, 0.717) is 13.1 Å². The molecule has 2 heterocycles. The van der Waals surface area contributed by atoms with Crippen molar-refractivity contribution >= 4 is 33.2 Å². The van der Waals surface area contributed by atoms with Gasteiger partial charge in [-0.05, 0) is 12.1 Å². The van der Waals surface area contributed by atoms with Crippen LogP contribution in [0.15, 0.2) is 29.2 Å². The maximum Gasteiger partial charge on any atom is 0.228 e. The van der Waals surface area contributed by atoms with Crippen LogP contribution in [0.1, 0.15) is 6.42 Å². The van der Waals surface area contributed by atoms with Crippen LogP contribution >= 0.6 is 11.8 Å². The zero-order valence-electron chi connectivity index (χ0n) is 11.6. The lowest BCUT2D eigenvalue weighted by atomic mass is 10.2. The Labute approximate surface area is 129 Å². The normalized spacial score (nSPS) is 24.4. The van der Waals surface area contributed by atoms with E-state index >= 15 is 0 Å². The van der Waals surface area contributed by atoms with Gasteiger partial charge in [0.2, 0.25) is 5.91 Å². The number of hydrogen-bond donors (Lipinski definition) is 1. The number of anilines is 1. The van der Waals surface area contributed by atoms with Crippen molar-refractivity contribution in [2.75, 3.05) is 35.2 Å². The number of fused-ring (bicyclic) bond motifs is 1. The van der Waals surface area contributed by atoms with Crippen molar-refractivity contribution in [3.05, 3.63) is 24.3 Å². The number of para-hydroxylation sites is 1. The quantitative estimate of drug-likeness (QED) is 0.875. The summed E-state index contributed by atoms with van der Waals surface area (Å²) in [6.45, 7) is 1.12. The molecule has 1 aromatic carbocycles. The molecule has 1 amide bonds. The van der Waals surface area contributed by atoms with Crippen molar-refractivity contribution in [2.24, 2.45) is 0 Å². The monoisotopic (exact) mass is 326 g/mol. The van der Waals surface area contributed by atoms with Crippen molar-refractivity contribution in [1.82, 2.24) is 5.32 Å². The van der Waals surface area contributed by atoms with Gasteiger partial charge in [0.05, 0.1) is 17.2 Å². The summed E-state index contributed by atoms with van der Waals surface area (Å²) in [7, 11) is -3.01. The second kappa shape index (κ2) is 5.98. The number of carbonyl (C=O) groups excluding carboxylic acids is 1. The molecule has 1 aromatic rings. The van der Waals surface area contributed by atoms with Gasteiger partial charge in [0.25, 0.3) is 0 Å². The van der Waals surface area contributed by atoms with Crippen LogP contribution in [0.3, 0.4) is 0 Å². The third kappa shape index (κ3) is 3.41. The first-order valence-electron chi connectivity index (χ1n) is 7.01. The Morgan fingerprint density at radius 3 is 3.00 bits per heavy atom. The predicted octanol–water partition coefficient (Wildman–Crippen LogP) is 0.902. The van der Waals surface area contributed by atoms with E-state index in [2.05, 4.69) is 5.32 Å². The van der Waals surface area contributed by atoms with Crippen LogP contribution in [0.4, 0.5) is 5.69 Å². The molecule has 0 saturated carbocycles. The van der Waals surface area contributed by atoms with Crippen LogP contribution in [0.2, 0.25) is 0 Å². The van der Waals surface area contributed by atoms with Crippen molar-refractivity contribution in [2.45, 2.75) is 17.4 Å². The fourth-order valence-corrected chi connectivity index (χ4v) is 5.19. The van der Waals surface area contributed by atoms with Crippen molar-refractivity contribution in [3.8, 4) is 0 Å². The minimum absolute atomic E-state index is 0.00245. The third-order valence-electron chi connectivity index (χ3n) is 3.75. The van der Waals surface area contributed by atoms with Crippen LogP contribution in [-0.2, 0) is 14.6 Å². The zero-order chi connectivity index (χ0) is 14.9. The summed E-state index contributed by atoms with van der Waals surface area (Å²) in [5.74, 6) is 1.10. The van der Waals surface area contributed by atoms with E-state index < -0.39 is 9.84 Å². The van der Waals surface area contributed by atoms with E-state index in [1.807, 2.05) is 24.3 Å². The van der Waals surface area contributed by atoms with E-state index in [1.165, 1.54) is 0 Å². The Morgan fingerprint density at radius 2 is 2.19 bits per heavy atom. The van der Waals surface area contributed by atoms with Gasteiger partial charge in [-0.3, -0.25) is 4.79 Å². The molecular weight excluding hydrogens is 308 g/mol. The molecule has 1 saturated heterocycles. The summed E-state index contributed by atoms with van der Waals surface area (Å²) in [6.07, 6.45) is 0.234. The Morgan fingerprint density at radius 1 is 1.38 bits per heavy atom. The molecule has 1 unspecified atom stereocenters. The number of sulfone groups is 1. The smallest absolute Gasteiger partial charge is 0.228 e. The molecule has 0 aromatic heterocycles.